The van der Waals surface area contributed by atoms with Crippen molar-refractivity contribution < 1.29 is 0 Å². The predicted molar refractivity (Wildman–Crippen MR) is 86.7 cm³/mol. The highest BCUT2D eigenvalue weighted by molar-refractivity contribution is 5.37. The largest absolute Gasteiger partial charge is 0.367 e. The van der Waals surface area contributed by atoms with E-state index in [1.807, 2.05) is 0 Å². The lowest BCUT2D eigenvalue weighted by molar-refractivity contribution is 0.0608. The summed E-state index contributed by atoms with van der Waals surface area (Å²) in [6, 6.07) is 4.15. The van der Waals surface area contributed by atoms with Gasteiger partial charge >= 0.3 is 0 Å². The third kappa shape index (κ3) is 3.20. The van der Waals surface area contributed by atoms with Gasteiger partial charge in [0.15, 0.2) is 0 Å². The van der Waals surface area contributed by atoms with Crippen LogP contribution in [0.15, 0.2) is 6.07 Å². The number of nitrogens with zero attached hydrogens (tertiary/aromatic N) is 3. The molecule has 1 aromatic rings. The highest BCUT2D eigenvalue weighted by Gasteiger charge is 2.35. The molecule has 116 valence electrons. The summed E-state index contributed by atoms with van der Waals surface area (Å²) < 4.78 is 0. The van der Waals surface area contributed by atoms with Crippen LogP contribution >= 0.6 is 0 Å². The molecule has 0 spiro atoms. The lowest BCUT2D eigenvalue weighted by atomic mass is 9.82. The molecule has 3 rings (SSSR count). The summed E-state index contributed by atoms with van der Waals surface area (Å²) in [4.78, 5) is 11.8. The van der Waals surface area contributed by atoms with Gasteiger partial charge < -0.3 is 10.2 Å². The Bertz CT molecular complexity index is 486. The highest BCUT2D eigenvalue weighted by Crippen LogP contribution is 2.33. The van der Waals surface area contributed by atoms with Gasteiger partial charge in [0.1, 0.15) is 11.6 Å². The van der Waals surface area contributed by atoms with Crippen molar-refractivity contribution in [3.63, 3.8) is 0 Å². The third-order valence-electron chi connectivity index (χ3n) is 5.08. The topological polar surface area (TPSA) is 41.0 Å². The van der Waals surface area contributed by atoms with Crippen LogP contribution in [-0.2, 0) is 0 Å². The molecule has 0 saturated carbocycles. The summed E-state index contributed by atoms with van der Waals surface area (Å²) in [5.41, 5.74) is 1.06. The van der Waals surface area contributed by atoms with E-state index in [0.717, 1.165) is 29.4 Å². The first-order chi connectivity index (χ1) is 10.0. The minimum absolute atomic E-state index is 0.377. The fraction of sp³-hybridized carbons (Fsp3) is 0.765. The van der Waals surface area contributed by atoms with E-state index >= 15 is 0 Å². The molecule has 0 aromatic carbocycles. The Morgan fingerprint density at radius 3 is 2.48 bits per heavy atom. The van der Waals surface area contributed by atoms with Gasteiger partial charge in [-0.25, -0.2) is 9.97 Å². The van der Waals surface area contributed by atoms with E-state index in [9.17, 15) is 0 Å². The zero-order chi connectivity index (χ0) is 15.0. The number of anilines is 1. The number of hydrogen-bond acceptors (Lipinski definition) is 4. The second kappa shape index (κ2) is 5.91. The van der Waals surface area contributed by atoms with Crippen molar-refractivity contribution in [3.05, 3.63) is 17.6 Å². The first kappa shape index (κ1) is 14.8. The second-order valence-electron chi connectivity index (χ2n) is 7.12. The van der Waals surface area contributed by atoms with Gasteiger partial charge in [0.2, 0.25) is 0 Å². The van der Waals surface area contributed by atoms with Gasteiger partial charge in [-0.15, -0.1) is 0 Å². The summed E-state index contributed by atoms with van der Waals surface area (Å²) in [5, 5.41) is 3.69. The smallest absolute Gasteiger partial charge is 0.133 e. The summed E-state index contributed by atoms with van der Waals surface area (Å²) in [7, 11) is 2.30. The molecule has 2 aliphatic heterocycles. The molecule has 21 heavy (non-hydrogen) atoms. The van der Waals surface area contributed by atoms with E-state index in [-0.39, 0.29) is 0 Å². The van der Waals surface area contributed by atoms with Gasteiger partial charge in [-0.1, -0.05) is 20.3 Å². The molecule has 2 atom stereocenters. The molecule has 2 unspecified atom stereocenters. The van der Waals surface area contributed by atoms with Gasteiger partial charge in [-0.3, -0.25) is 0 Å². The minimum atomic E-state index is 0.377. The fourth-order valence-electron chi connectivity index (χ4n) is 3.87. The quantitative estimate of drug-likeness (QED) is 0.926. The van der Waals surface area contributed by atoms with E-state index in [1.54, 1.807) is 0 Å². The molecular formula is C17H28N4. The van der Waals surface area contributed by atoms with Crippen LogP contribution in [0, 0.1) is 6.92 Å². The average Bonchev–Trinajstić information content (AvgIpc) is 2.39. The van der Waals surface area contributed by atoms with Gasteiger partial charge in [-0.05, 0) is 39.7 Å². The Balaban J connectivity index is 1.72. The number of piperidine rings is 2. The van der Waals surface area contributed by atoms with Crippen LogP contribution in [0.1, 0.15) is 63.4 Å². The maximum atomic E-state index is 4.70. The Kier molecular flexibility index (Phi) is 4.16. The Hall–Kier alpha value is -1.16. The van der Waals surface area contributed by atoms with Gasteiger partial charge in [0, 0.05) is 35.8 Å². The normalized spacial score (nSPS) is 29.7. The molecule has 2 aliphatic rings. The molecular weight excluding hydrogens is 260 g/mol. The van der Waals surface area contributed by atoms with Crippen molar-refractivity contribution in [2.45, 2.75) is 76.9 Å². The first-order valence-corrected chi connectivity index (χ1v) is 8.37. The zero-order valence-corrected chi connectivity index (χ0v) is 13.8. The van der Waals surface area contributed by atoms with Crippen LogP contribution in [0.2, 0.25) is 0 Å². The maximum Gasteiger partial charge on any atom is 0.133 e. The molecule has 1 aromatic heterocycles. The second-order valence-corrected chi connectivity index (χ2v) is 7.12. The predicted octanol–water partition coefficient (Wildman–Crippen LogP) is 3.34. The number of nitrogens with one attached hydrogen (secondary N) is 1. The van der Waals surface area contributed by atoms with Gasteiger partial charge in [-0.2, -0.15) is 0 Å². The summed E-state index contributed by atoms with van der Waals surface area (Å²) in [5.74, 6) is 2.34. The SMILES string of the molecule is Cc1cc(NC2CC3CCCC(C2)N3C)nc(C(C)C)n1. The van der Waals surface area contributed by atoms with Crippen molar-refractivity contribution in [2.24, 2.45) is 0 Å². The Labute approximate surface area is 128 Å². The molecule has 2 saturated heterocycles. The van der Waals surface area contributed by atoms with E-state index in [0.29, 0.717) is 12.0 Å². The van der Waals surface area contributed by atoms with Crippen molar-refractivity contribution in [1.29, 1.82) is 0 Å². The van der Waals surface area contributed by atoms with E-state index in [2.05, 4.69) is 49.1 Å². The van der Waals surface area contributed by atoms with Crippen molar-refractivity contribution in [2.75, 3.05) is 12.4 Å². The number of aryl methyl sites for hydroxylation is 1. The number of fused-ring (bicyclic) bond motifs is 2. The van der Waals surface area contributed by atoms with Gasteiger partial charge in [0.25, 0.3) is 0 Å². The Morgan fingerprint density at radius 2 is 1.86 bits per heavy atom. The van der Waals surface area contributed by atoms with E-state index in [4.69, 9.17) is 4.98 Å². The number of hydrogen-bond donors (Lipinski definition) is 1. The molecule has 2 bridgehead atoms. The Morgan fingerprint density at radius 1 is 1.19 bits per heavy atom. The fourth-order valence-corrected chi connectivity index (χ4v) is 3.87. The van der Waals surface area contributed by atoms with Crippen LogP contribution in [0.3, 0.4) is 0 Å². The van der Waals surface area contributed by atoms with E-state index < -0.39 is 0 Å². The average molecular weight is 288 g/mol. The molecule has 0 amide bonds. The maximum absolute atomic E-state index is 4.70. The zero-order valence-electron chi connectivity index (χ0n) is 13.8. The van der Waals surface area contributed by atoms with Gasteiger partial charge in [0.05, 0.1) is 0 Å². The number of aromatic nitrogens is 2. The molecule has 3 heterocycles. The number of rotatable bonds is 3. The van der Waals surface area contributed by atoms with Crippen LogP contribution < -0.4 is 5.32 Å². The molecule has 0 aliphatic carbocycles. The van der Waals surface area contributed by atoms with Crippen molar-refractivity contribution in [3.8, 4) is 0 Å². The monoisotopic (exact) mass is 288 g/mol. The third-order valence-corrected chi connectivity index (χ3v) is 5.08. The standard InChI is InChI=1S/C17H28N4/c1-11(2)17-18-12(3)8-16(20-17)19-13-9-14-6-5-7-15(10-13)21(14)4/h8,11,13-15H,5-7,9-10H2,1-4H3,(H,18,19,20). The van der Waals surface area contributed by atoms with Crippen molar-refractivity contribution in [1.82, 2.24) is 14.9 Å². The lowest BCUT2D eigenvalue weighted by Crippen LogP contribution is -2.52. The van der Waals surface area contributed by atoms with E-state index in [1.165, 1.54) is 32.1 Å². The lowest BCUT2D eigenvalue weighted by Gasteiger charge is -2.47. The van der Waals surface area contributed by atoms with Crippen LogP contribution in [0.5, 0.6) is 0 Å². The molecule has 2 fully saturated rings. The summed E-state index contributed by atoms with van der Waals surface area (Å²) >= 11 is 0. The minimum Gasteiger partial charge on any atom is -0.367 e. The summed E-state index contributed by atoms with van der Waals surface area (Å²) in [6.07, 6.45) is 6.59. The van der Waals surface area contributed by atoms with Crippen LogP contribution in [-0.4, -0.2) is 40.0 Å². The highest BCUT2D eigenvalue weighted by atomic mass is 15.2. The molecule has 1 N–H and O–H groups in total. The molecule has 4 heteroatoms. The summed E-state index contributed by atoms with van der Waals surface area (Å²) in [6.45, 7) is 6.36. The van der Waals surface area contributed by atoms with Crippen LogP contribution in [0.25, 0.3) is 0 Å². The molecule has 0 radical (unpaired) electrons. The molecule has 4 nitrogen and oxygen atoms in total. The van der Waals surface area contributed by atoms with Crippen LogP contribution in [0.4, 0.5) is 5.82 Å². The van der Waals surface area contributed by atoms with Crippen molar-refractivity contribution >= 4 is 5.82 Å². The first-order valence-electron chi connectivity index (χ1n) is 8.37.